The predicted molar refractivity (Wildman–Crippen MR) is 57.9 cm³/mol. The molecule has 15 heavy (non-hydrogen) atoms. The summed E-state index contributed by atoms with van der Waals surface area (Å²) in [5.74, 6) is 0.00926. The standard InChI is InChI=1S/C11H18N2O2/c1-5-11(6-2,15-4)10(14)9-7-8-12-13(9)3/h7-8H,5-6H2,1-4H3. The lowest BCUT2D eigenvalue weighted by molar-refractivity contribution is -0.00335. The third-order valence-corrected chi connectivity index (χ3v) is 3.00. The quantitative estimate of drug-likeness (QED) is 0.696. The van der Waals surface area contributed by atoms with Crippen molar-refractivity contribution in [2.45, 2.75) is 32.3 Å². The van der Waals surface area contributed by atoms with Crippen LogP contribution in [0, 0.1) is 0 Å². The molecule has 84 valence electrons. The summed E-state index contributed by atoms with van der Waals surface area (Å²) in [4.78, 5) is 12.3. The van der Waals surface area contributed by atoms with Crippen LogP contribution in [0.3, 0.4) is 0 Å². The Morgan fingerprint density at radius 3 is 2.47 bits per heavy atom. The van der Waals surface area contributed by atoms with Crippen LogP contribution in [0.4, 0.5) is 0 Å². The Labute approximate surface area is 90.2 Å². The van der Waals surface area contributed by atoms with Gasteiger partial charge >= 0.3 is 0 Å². The van der Waals surface area contributed by atoms with Gasteiger partial charge in [0, 0.05) is 20.4 Å². The molecule has 4 nitrogen and oxygen atoms in total. The van der Waals surface area contributed by atoms with Crippen molar-refractivity contribution >= 4 is 5.78 Å². The number of carbonyl (C=O) groups is 1. The van der Waals surface area contributed by atoms with E-state index >= 15 is 0 Å². The minimum absolute atomic E-state index is 0.00926. The van der Waals surface area contributed by atoms with E-state index < -0.39 is 5.60 Å². The number of hydrogen-bond donors (Lipinski definition) is 0. The van der Waals surface area contributed by atoms with E-state index in [2.05, 4.69) is 5.10 Å². The number of nitrogens with zero attached hydrogens (tertiary/aromatic N) is 2. The molecule has 0 unspecified atom stereocenters. The molecule has 0 fully saturated rings. The largest absolute Gasteiger partial charge is 0.370 e. The second-order valence-electron chi connectivity index (χ2n) is 3.57. The molecule has 0 bridgehead atoms. The predicted octanol–water partition coefficient (Wildman–Crippen LogP) is 1.81. The van der Waals surface area contributed by atoms with E-state index in [0.717, 1.165) is 0 Å². The van der Waals surface area contributed by atoms with Gasteiger partial charge in [-0.2, -0.15) is 5.10 Å². The van der Waals surface area contributed by atoms with Gasteiger partial charge in [-0.25, -0.2) is 0 Å². The molecule has 1 aromatic heterocycles. The fourth-order valence-electron chi connectivity index (χ4n) is 1.78. The van der Waals surface area contributed by atoms with Crippen molar-refractivity contribution < 1.29 is 9.53 Å². The number of Topliss-reactive ketones (excluding diaryl/α,β-unsaturated/α-hetero) is 1. The number of rotatable bonds is 5. The SMILES string of the molecule is CCC(CC)(OC)C(=O)c1ccnn1C. The topological polar surface area (TPSA) is 44.1 Å². The van der Waals surface area contributed by atoms with Crippen LogP contribution in [0.2, 0.25) is 0 Å². The zero-order valence-electron chi connectivity index (χ0n) is 9.78. The average molecular weight is 210 g/mol. The first kappa shape index (κ1) is 11.9. The zero-order valence-corrected chi connectivity index (χ0v) is 9.78. The average Bonchev–Trinajstić information content (AvgIpc) is 2.67. The van der Waals surface area contributed by atoms with Gasteiger partial charge in [-0.15, -0.1) is 0 Å². The van der Waals surface area contributed by atoms with Crippen molar-refractivity contribution in [3.05, 3.63) is 18.0 Å². The summed E-state index contributed by atoms with van der Waals surface area (Å²) < 4.78 is 6.97. The van der Waals surface area contributed by atoms with E-state index in [0.29, 0.717) is 18.5 Å². The van der Waals surface area contributed by atoms with Gasteiger partial charge in [0.2, 0.25) is 5.78 Å². The minimum Gasteiger partial charge on any atom is -0.370 e. The molecule has 0 saturated heterocycles. The van der Waals surface area contributed by atoms with Crippen LogP contribution >= 0.6 is 0 Å². The van der Waals surface area contributed by atoms with Gasteiger partial charge in [-0.1, -0.05) is 13.8 Å². The van der Waals surface area contributed by atoms with E-state index in [1.807, 2.05) is 13.8 Å². The first-order chi connectivity index (χ1) is 7.11. The molecule has 0 N–H and O–H groups in total. The van der Waals surface area contributed by atoms with E-state index in [-0.39, 0.29) is 5.78 Å². The number of carbonyl (C=O) groups excluding carboxylic acids is 1. The third-order valence-electron chi connectivity index (χ3n) is 3.00. The molecule has 0 spiro atoms. The van der Waals surface area contributed by atoms with Crippen molar-refractivity contribution in [2.75, 3.05) is 7.11 Å². The smallest absolute Gasteiger partial charge is 0.212 e. The molecule has 0 aliphatic heterocycles. The van der Waals surface area contributed by atoms with Crippen LogP contribution in [0.1, 0.15) is 37.2 Å². The second kappa shape index (κ2) is 4.57. The van der Waals surface area contributed by atoms with Crippen LogP contribution in [0.15, 0.2) is 12.3 Å². The van der Waals surface area contributed by atoms with Crippen molar-refractivity contribution in [1.82, 2.24) is 9.78 Å². The third kappa shape index (κ3) is 1.95. The summed E-state index contributed by atoms with van der Waals surface area (Å²) in [5, 5.41) is 3.99. The first-order valence-corrected chi connectivity index (χ1v) is 5.19. The number of hydrogen-bond acceptors (Lipinski definition) is 3. The fourth-order valence-corrected chi connectivity index (χ4v) is 1.78. The van der Waals surface area contributed by atoms with Crippen molar-refractivity contribution in [3.8, 4) is 0 Å². The molecule has 1 rings (SSSR count). The summed E-state index contributed by atoms with van der Waals surface area (Å²) in [6, 6.07) is 1.72. The number of aromatic nitrogens is 2. The van der Waals surface area contributed by atoms with Gasteiger partial charge < -0.3 is 4.74 Å². The molecule has 0 atom stereocenters. The Balaban J connectivity index is 3.06. The highest BCUT2D eigenvalue weighted by molar-refractivity contribution is 6.01. The molecule has 0 aliphatic rings. The molecular weight excluding hydrogens is 192 g/mol. The molecule has 1 aromatic rings. The Hall–Kier alpha value is -1.16. The number of aryl methyl sites for hydroxylation is 1. The first-order valence-electron chi connectivity index (χ1n) is 5.19. The normalized spacial score (nSPS) is 11.7. The number of ether oxygens (including phenoxy) is 1. The summed E-state index contributed by atoms with van der Waals surface area (Å²) in [6.45, 7) is 3.92. The Bertz CT molecular complexity index is 332. The summed E-state index contributed by atoms with van der Waals surface area (Å²) in [5.41, 5.74) is -0.103. The molecule has 1 heterocycles. The molecule has 0 aliphatic carbocycles. The lowest BCUT2D eigenvalue weighted by atomic mass is 9.90. The van der Waals surface area contributed by atoms with Crippen LogP contribution in [0.25, 0.3) is 0 Å². The summed E-state index contributed by atoms with van der Waals surface area (Å²) in [6.07, 6.45) is 2.97. The van der Waals surface area contributed by atoms with E-state index in [4.69, 9.17) is 4.74 Å². The zero-order chi connectivity index (χ0) is 11.5. The molecule has 0 radical (unpaired) electrons. The lowest BCUT2D eigenvalue weighted by Gasteiger charge is -2.28. The summed E-state index contributed by atoms with van der Waals surface area (Å²) in [7, 11) is 3.35. The van der Waals surface area contributed by atoms with Gasteiger partial charge in [-0.05, 0) is 18.9 Å². The Morgan fingerprint density at radius 2 is 2.13 bits per heavy atom. The maximum Gasteiger partial charge on any atom is 0.212 e. The molecular formula is C11H18N2O2. The van der Waals surface area contributed by atoms with Gasteiger partial charge in [-0.3, -0.25) is 9.48 Å². The van der Waals surface area contributed by atoms with Crippen LogP contribution in [-0.4, -0.2) is 28.3 Å². The van der Waals surface area contributed by atoms with Crippen molar-refractivity contribution in [3.63, 3.8) is 0 Å². The van der Waals surface area contributed by atoms with E-state index in [9.17, 15) is 4.79 Å². The minimum atomic E-state index is -0.701. The number of ketones is 1. The van der Waals surface area contributed by atoms with Crippen LogP contribution < -0.4 is 0 Å². The molecule has 0 saturated carbocycles. The Kier molecular flexibility index (Phi) is 3.63. The Morgan fingerprint density at radius 1 is 1.53 bits per heavy atom. The van der Waals surface area contributed by atoms with Crippen molar-refractivity contribution in [1.29, 1.82) is 0 Å². The maximum absolute atomic E-state index is 12.3. The molecule has 4 heteroatoms. The van der Waals surface area contributed by atoms with Gasteiger partial charge in [0.25, 0.3) is 0 Å². The number of methoxy groups -OCH3 is 1. The van der Waals surface area contributed by atoms with Crippen LogP contribution in [-0.2, 0) is 11.8 Å². The monoisotopic (exact) mass is 210 g/mol. The van der Waals surface area contributed by atoms with Gasteiger partial charge in [0.1, 0.15) is 11.3 Å². The summed E-state index contributed by atoms with van der Waals surface area (Å²) >= 11 is 0. The highest BCUT2D eigenvalue weighted by Gasteiger charge is 2.36. The lowest BCUT2D eigenvalue weighted by Crippen LogP contribution is -2.40. The van der Waals surface area contributed by atoms with E-state index in [1.54, 1.807) is 31.1 Å². The van der Waals surface area contributed by atoms with Gasteiger partial charge in [0.15, 0.2) is 0 Å². The van der Waals surface area contributed by atoms with Gasteiger partial charge in [0.05, 0.1) is 0 Å². The highest BCUT2D eigenvalue weighted by Crippen LogP contribution is 2.24. The second-order valence-corrected chi connectivity index (χ2v) is 3.57. The fraction of sp³-hybridized carbons (Fsp3) is 0.636. The van der Waals surface area contributed by atoms with Crippen LogP contribution in [0.5, 0.6) is 0 Å². The highest BCUT2D eigenvalue weighted by atomic mass is 16.5. The van der Waals surface area contributed by atoms with E-state index in [1.165, 1.54) is 0 Å². The van der Waals surface area contributed by atoms with Crippen molar-refractivity contribution in [2.24, 2.45) is 7.05 Å². The molecule has 0 amide bonds. The maximum atomic E-state index is 12.3. The molecule has 0 aromatic carbocycles.